The number of ether oxygens (including phenoxy) is 1. The quantitative estimate of drug-likeness (QED) is 0.811. The lowest BCUT2D eigenvalue weighted by molar-refractivity contribution is -0.121. The maximum Gasteiger partial charge on any atom is 0.408 e. The number of alkyl carbamates (subject to hydrolysis) is 1. The minimum absolute atomic E-state index is 0.215. The van der Waals surface area contributed by atoms with E-state index < -0.39 is 17.7 Å². The minimum atomic E-state index is -0.795. The molecule has 0 spiro atoms. The maximum atomic E-state index is 13.1. The number of halogens is 1. The van der Waals surface area contributed by atoms with Crippen molar-refractivity contribution in [3.63, 3.8) is 0 Å². The Labute approximate surface area is 141 Å². The summed E-state index contributed by atoms with van der Waals surface area (Å²) >= 11 is 0. The van der Waals surface area contributed by atoms with Crippen LogP contribution in [0.15, 0.2) is 24.3 Å². The number of rotatable bonds is 5. The first-order chi connectivity index (χ1) is 11.2. The second kappa shape index (κ2) is 7.17. The number of benzene rings is 1. The second-order valence-corrected chi connectivity index (χ2v) is 6.92. The van der Waals surface area contributed by atoms with Gasteiger partial charge in [-0.3, -0.25) is 4.79 Å². The summed E-state index contributed by atoms with van der Waals surface area (Å²) in [5, 5.41) is 3.89. The van der Waals surface area contributed by atoms with Crippen LogP contribution in [0.5, 0.6) is 0 Å². The number of hydrazine groups is 1. The summed E-state index contributed by atoms with van der Waals surface area (Å²) in [5.41, 5.74) is 2.97. The first kappa shape index (κ1) is 18.2. The van der Waals surface area contributed by atoms with Gasteiger partial charge in [-0.25, -0.2) is 19.6 Å². The average Bonchev–Trinajstić information content (AvgIpc) is 3.27. The molecule has 0 aliphatic heterocycles. The molecule has 0 saturated heterocycles. The van der Waals surface area contributed by atoms with Crippen molar-refractivity contribution in [2.24, 2.45) is 0 Å². The smallest absolute Gasteiger partial charge is 0.408 e. The normalized spacial score (nSPS) is 15.5. The van der Waals surface area contributed by atoms with Crippen LogP contribution in [-0.4, -0.2) is 29.7 Å². The zero-order valence-corrected chi connectivity index (χ0v) is 14.4. The lowest BCUT2D eigenvalue weighted by Gasteiger charge is -2.27. The van der Waals surface area contributed by atoms with Gasteiger partial charge in [-0.15, -0.1) is 0 Å². The Morgan fingerprint density at radius 2 is 1.83 bits per heavy atom. The van der Waals surface area contributed by atoms with Gasteiger partial charge in [-0.2, -0.15) is 0 Å². The minimum Gasteiger partial charge on any atom is -0.444 e. The van der Waals surface area contributed by atoms with E-state index in [2.05, 4.69) is 10.7 Å². The highest BCUT2D eigenvalue weighted by Gasteiger charge is 2.30. The molecule has 1 aliphatic rings. The first-order valence-corrected chi connectivity index (χ1v) is 8.01. The molecule has 0 radical (unpaired) electrons. The van der Waals surface area contributed by atoms with Crippen molar-refractivity contribution < 1.29 is 18.7 Å². The number of nitrogens with zero attached hydrogens (tertiary/aromatic N) is 1. The molecule has 2 N–H and O–H groups in total. The molecule has 1 saturated carbocycles. The number of hydrogen-bond acceptors (Lipinski definition) is 4. The van der Waals surface area contributed by atoms with Crippen LogP contribution in [0.4, 0.5) is 14.9 Å². The van der Waals surface area contributed by atoms with Crippen LogP contribution < -0.4 is 15.8 Å². The van der Waals surface area contributed by atoms with E-state index in [-0.39, 0.29) is 17.8 Å². The maximum absolute atomic E-state index is 13.1. The monoisotopic (exact) mass is 337 g/mol. The number of carbonyl (C=O) groups excluding carboxylic acids is 2. The third-order valence-corrected chi connectivity index (χ3v) is 3.30. The predicted molar refractivity (Wildman–Crippen MR) is 88.9 cm³/mol. The van der Waals surface area contributed by atoms with Gasteiger partial charge in [0.15, 0.2) is 0 Å². The van der Waals surface area contributed by atoms with Crippen LogP contribution >= 0.6 is 0 Å². The molecular formula is C17H24FN3O3. The van der Waals surface area contributed by atoms with Gasteiger partial charge in [0.25, 0.3) is 5.91 Å². The molecule has 132 valence electrons. The molecule has 1 aliphatic carbocycles. The SMILES string of the molecule is C[C@H](NC(=O)OC(C)(C)C)C(=O)N(NC1CC1)c1ccc(F)cc1. The van der Waals surface area contributed by atoms with Crippen molar-refractivity contribution >= 4 is 17.7 Å². The zero-order chi connectivity index (χ0) is 17.9. The van der Waals surface area contributed by atoms with E-state index in [1.54, 1.807) is 27.7 Å². The van der Waals surface area contributed by atoms with Gasteiger partial charge in [-0.05, 0) is 64.8 Å². The Hall–Kier alpha value is -2.15. The summed E-state index contributed by atoms with van der Waals surface area (Å²) in [6.07, 6.45) is 1.28. The van der Waals surface area contributed by atoms with Crippen LogP contribution in [0, 0.1) is 5.82 Å². The molecule has 0 heterocycles. The largest absolute Gasteiger partial charge is 0.444 e. The van der Waals surface area contributed by atoms with E-state index in [1.807, 2.05) is 0 Å². The lowest BCUT2D eigenvalue weighted by Crippen LogP contribution is -2.53. The average molecular weight is 337 g/mol. The highest BCUT2D eigenvalue weighted by Crippen LogP contribution is 2.22. The van der Waals surface area contributed by atoms with Crippen LogP contribution in [0.25, 0.3) is 0 Å². The summed E-state index contributed by atoms with van der Waals surface area (Å²) in [6, 6.07) is 5.03. The molecule has 7 heteroatoms. The van der Waals surface area contributed by atoms with E-state index in [9.17, 15) is 14.0 Å². The van der Waals surface area contributed by atoms with Crippen molar-refractivity contribution in [1.82, 2.24) is 10.7 Å². The fourth-order valence-corrected chi connectivity index (χ4v) is 1.99. The van der Waals surface area contributed by atoms with Crippen molar-refractivity contribution in [3.05, 3.63) is 30.1 Å². The number of anilines is 1. The molecular weight excluding hydrogens is 313 g/mol. The molecule has 1 atom stereocenters. The fourth-order valence-electron chi connectivity index (χ4n) is 1.99. The van der Waals surface area contributed by atoms with Crippen LogP contribution in [0.3, 0.4) is 0 Å². The Balaban J connectivity index is 2.06. The van der Waals surface area contributed by atoms with Gasteiger partial charge in [0.2, 0.25) is 0 Å². The van der Waals surface area contributed by atoms with Crippen LogP contribution in [0.2, 0.25) is 0 Å². The highest BCUT2D eigenvalue weighted by atomic mass is 19.1. The molecule has 0 unspecified atom stereocenters. The Kier molecular flexibility index (Phi) is 5.43. The topological polar surface area (TPSA) is 70.7 Å². The molecule has 1 aromatic carbocycles. The number of amides is 2. The number of hydrogen-bond donors (Lipinski definition) is 2. The van der Waals surface area contributed by atoms with E-state index in [4.69, 9.17) is 4.74 Å². The lowest BCUT2D eigenvalue weighted by atomic mass is 10.2. The summed E-state index contributed by atoms with van der Waals surface area (Å²) in [6.45, 7) is 6.83. The van der Waals surface area contributed by atoms with E-state index in [0.29, 0.717) is 5.69 Å². The van der Waals surface area contributed by atoms with Gasteiger partial charge >= 0.3 is 6.09 Å². The van der Waals surface area contributed by atoms with Crippen molar-refractivity contribution in [3.8, 4) is 0 Å². The number of nitrogens with one attached hydrogen (secondary N) is 2. The van der Waals surface area contributed by atoms with Gasteiger partial charge in [0.05, 0.1) is 5.69 Å². The fraction of sp³-hybridized carbons (Fsp3) is 0.529. The molecule has 0 bridgehead atoms. The number of carbonyl (C=O) groups is 2. The Morgan fingerprint density at radius 3 is 2.33 bits per heavy atom. The van der Waals surface area contributed by atoms with Gasteiger partial charge in [0.1, 0.15) is 17.5 Å². The first-order valence-electron chi connectivity index (χ1n) is 8.01. The van der Waals surface area contributed by atoms with Crippen molar-refractivity contribution in [2.75, 3.05) is 5.01 Å². The van der Waals surface area contributed by atoms with Gasteiger partial charge < -0.3 is 10.1 Å². The molecule has 2 rings (SSSR count). The molecule has 2 amide bonds. The molecule has 1 fully saturated rings. The van der Waals surface area contributed by atoms with E-state index >= 15 is 0 Å². The van der Waals surface area contributed by atoms with Gasteiger partial charge in [-0.1, -0.05) is 0 Å². The molecule has 24 heavy (non-hydrogen) atoms. The summed E-state index contributed by atoms with van der Waals surface area (Å²) in [7, 11) is 0. The van der Waals surface area contributed by atoms with Crippen molar-refractivity contribution in [1.29, 1.82) is 0 Å². The van der Waals surface area contributed by atoms with E-state index in [1.165, 1.54) is 29.3 Å². The molecule has 0 aromatic heterocycles. The zero-order valence-electron chi connectivity index (χ0n) is 14.4. The highest BCUT2D eigenvalue weighted by molar-refractivity contribution is 5.97. The Morgan fingerprint density at radius 1 is 1.25 bits per heavy atom. The standard InChI is InChI=1S/C17H24FN3O3/c1-11(19-16(23)24-17(2,3)4)15(22)21(20-13-7-8-13)14-9-5-12(18)6-10-14/h5-6,9-11,13,20H,7-8H2,1-4H3,(H,19,23)/t11-/m0/s1. The van der Waals surface area contributed by atoms with Gasteiger partial charge in [0, 0.05) is 6.04 Å². The second-order valence-electron chi connectivity index (χ2n) is 6.92. The van der Waals surface area contributed by atoms with Crippen LogP contribution in [-0.2, 0) is 9.53 Å². The molecule has 1 aromatic rings. The summed E-state index contributed by atoms with van der Waals surface area (Å²) in [4.78, 5) is 24.5. The Bertz CT molecular complexity index is 594. The van der Waals surface area contributed by atoms with Crippen LogP contribution in [0.1, 0.15) is 40.5 Å². The van der Waals surface area contributed by atoms with E-state index in [0.717, 1.165) is 12.8 Å². The molecule has 6 nitrogen and oxygen atoms in total. The van der Waals surface area contributed by atoms with Crippen molar-refractivity contribution in [2.45, 2.75) is 58.2 Å². The summed E-state index contributed by atoms with van der Waals surface area (Å²) in [5.74, 6) is -0.725. The summed E-state index contributed by atoms with van der Waals surface area (Å²) < 4.78 is 18.3. The third-order valence-electron chi connectivity index (χ3n) is 3.30. The third kappa shape index (κ3) is 5.49. The predicted octanol–water partition coefficient (Wildman–Crippen LogP) is 2.74.